The minimum absolute atomic E-state index is 0.0317. The molecule has 1 aliphatic rings. The van der Waals surface area contributed by atoms with Crippen molar-refractivity contribution >= 4 is 18.3 Å². The zero-order valence-electron chi connectivity index (χ0n) is 12.8. The van der Waals surface area contributed by atoms with Gasteiger partial charge in [0.15, 0.2) is 0 Å². The van der Waals surface area contributed by atoms with Crippen molar-refractivity contribution in [3.05, 3.63) is 29.3 Å². The average molecular weight is 275 g/mol. The molecule has 2 N–H and O–H groups in total. The molecule has 0 aromatic heterocycles. The Kier molecular flexibility index (Phi) is 3.69. The first kappa shape index (κ1) is 15.1. The van der Waals surface area contributed by atoms with E-state index in [4.69, 9.17) is 4.65 Å². The summed E-state index contributed by atoms with van der Waals surface area (Å²) in [7, 11) is 0. The van der Waals surface area contributed by atoms with Crippen molar-refractivity contribution in [2.75, 3.05) is 0 Å². The van der Waals surface area contributed by atoms with Gasteiger partial charge in [0.1, 0.15) is 0 Å². The molecule has 0 radical (unpaired) electrons. The van der Waals surface area contributed by atoms with Gasteiger partial charge in [-0.3, -0.25) is 4.79 Å². The van der Waals surface area contributed by atoms with Crippen LogP contribution < -0.4 is 10.8 Å². The van der Waals surface area contributed by atoms with E-state index < -0.39 is 11.2 Å². The molecule has 108 valence electrons. The van der Waals surface area contributed by atoms with Crippen molar-refractivity contribution in [3.63, 3.8) is 0 Å². The van der Waals surface area contributed by atoms with Crippen molar-refractivity contribution in [1.29, 1.82) is 0 Å². The zero-order valence-corrected chi connectivity index (χ0v) is 12.8. The third-order valence-corrected chi connectivity index (χ3v) is 4.23. The maximum Gasteiger partial charge on any atom is 0.324 e. The van der Waals surface area contributed by atoms with E-state index >= 15 is 0 Å². The molecule has 1 aromatic carbocycles. The molecule has 0 bridgehead atoms. The van der Waals surface area contributed by atoms with Gasteiger partial charge in [-0.05, 0) is 38.7 Å². The molecule has 0 unspecified atom stereocenters. The van der Waals surface area contributed by atoms with Crippen LogP contribution in [0.5, 0.6) is 0 Å². The molecule has 5 heteroatoms. The molecule has 0 spiro atoms. The first-order valence-corrected chi connectivity index (χ1v) is 6.93. The van der Waals surface area contributed by atoms with Crippen LogP contribution in [0.25, 0.3) is 0 Å². The maximum absolute atomic E-state index is 11.7. The van der Waals surface area contributed by atoms with Gasteiger partial charge in [-0.15, -0.1) is 0 Å². The number of rotatable bonds is 4. The molecule has 1 amide bonds. The Labute approximate surface area is 120 Å². The van der Waals surface area contributed by atoms with Gasteiger partial charge in [-0.25, -0.2) is 0 Å². The Hall–Kier alpha value is -1.33. The predicted molar refractivity (Wildman–Crippen MR) is 80.3 cm³/mol. The second-order valence-corrected chi connectivity index (χ2v) is 6.43. The number of carbonyl (C=O) groups is 1. The Balaban J connectivity index is 2.21. The van der Waals surface area contributed by atoms with Gasteiger partial charge >= 0.3 is 6.92 Å². The maximum atomic E-state index is 11.7. The number of benzene rings is 1. The Morgan fingerprint density at radius 1 is 1.30 bits per heavy atom. The summed E-state index contributed by atoms with van der Waals surface area (Å²) in [5.41, 5.74) is 1.05. The van der Waals surface area contributed by atoms with Crippen LogP contribution >= 0.6 is 0 Å². The summed E-state index contributed by atoms with van der Waals surface area (Å²) in [5, 5.41) is 13.0. The number of hydrogen-bond acceptors (Lipinski definition) is 3. The van der Waals surface area contributed by atoms with Gasteiger partial charge in [0.2, 0.25) is 0 Å². The number of nitrogens with one attached hydrogen (secondary N) is 1. The van der Waals surface area contributed by atoms with Gasteiger partial charge in [0.05, 0.1) is 11.2 Å². The van der Waals surface area contributed by atoms with Crippen molar-refractivity contribution in [3.8, 4) is 0 Å². The largest absolute Gasteiger partial charge is 0.423 e. The number of carbonyl (C=O) groups excluding carboxylic acids is 1. The predicted octanol–water partition coefficient (Wildman–Crippen LogP) is 1.32. The number of amides is 1. The van der Waals surface area contributed by atoms with E-state index in [2.05, 4.69) is 5.32 Å². The first-order valence-electron chi connectivity index (χ1n) is 6.93. The third-order valence-electron chi connectivity index (χ3n) is 4.23. The lowest BCUT2D eigenvalue weighted by Gasteiger charge is -2.39. The minimum atomic E-state index is -0.949. The molecule has 0 aliphatic carbocycles. The van der Waals surface area contributed by atoms with E-state index in [0.29, 0.717) is 6.54 Å². The Bertz CT molecular complexity index is 534. The van der Waals surface area contributed by atoms with E-state index in [9.17, 15) is 9.90 Å². The molecular weight excluding hydrogens is 253 g/mol. The van der Waals surface area contributed by atoms with Crippen LogP contribution in [0.1, 0.15) is 43.6 Å². The molecule has 0 saturated heterocycles. The fraction of sp³-hybridized carbons (Fsp3) is 0.533. The van der Waals surface area contributed by atoms with Crippen molar-refractivity contribution in [2.45, 2.75) is 52.3 Å². The topological polar surface area (TPSA) is 58.6 Å². The van der Waals surface area contributed by atoms with Crippen LogP contribution in [0, 0.1) is 0 Å². The second kappa shape index (κ2) is 4.90. The van der Waals surface area contributed by atoms with Crippen LogP contribution in [-0.2, 0) is 11.2 Å². The standard InChI is InChI=1S/C15H22BNO3/c1-14(2,19)15(3,4)20-16(5)11-7-6-10-9-17-13(18)12(10)8-11/h6-8,19H,9H2,1-5H3,(H,17,18). The van der Waals surface area contributed by atoms with Crippen LogP contribution in [0.15, 0.2) is 18.2 Å². The highest BCUT2D eigenvalue weighted by Crippen LogP contribution is 2.26. The number of fused-ring (bicyclic) bond motifs is 1. The molecule has 0 fully saturated rings. The highest BCUT2D eigenvalue weighted by molar-refractivity contribution is 6.66. The fourth-order valence-corrected chi connectivity index (χ4v) is 2.14. The number of aliphatic hydroxyl groups is 1. The summed E-state index contributed by atoms with van der Waals surface area (Å²) in [6.45, 7) is 9.52. The van der Waals surface area contributed by atoms with Crippen LogP contribution in [-0.4, -0.2) is 29.1 Å². The van der Waals surface area contributed by atoms with E-state index in [0.717, 1.165) is 16.6 Å². The smallest absolute Gasteiger partial charge is 0.324 e. The molecule has 0 saturated carbocycles. The van der Waals surface area contributed by atoms with Crippen molar-refractivity contribution in [2.24, 2.45) is 0 Å². The second-order valence-electron chi connectivity index (χ2n) is 6.43. The summed E-state index contributed by atoms with van der Waals surface area (Å²) < 4.78 is 6.00. The van der Waals surface area contributed by atoms with E-state index in [1.165, 1.54) is 0 Å². The monoisotopic (exact) mass is 275 g/mol. The zero-order chi connectivity index (χ0) is 15.1. The molecular formula is C15H22BNO3. The van der Waals surface area contributed by atoms with Gasteiger partial charge in [0, 0.05) is 12.1 Å². The summed E-state index contributed by atoms with van der Waals surface area (Å²) in [6, 6.07) is 5.81. The molecule has 2 rings (SSSR count). The normalized spacial score (nSPS) is 15.0. The summed E-state index contributed by atoms with van der Waals surface area (Å²) in [4.78, 5) is 11.7. The molecule has 4 nitrogen and oxygen atoms in total. The third kappa shape index (κ3) is 2.74. The van der Waals surface area contributed by atoms with Crippen LogP contribution in [0.2, 0.25) is 6.82 Å². The lowest BCUT2D eigenvalue weighted by Crippen LogP contribution is -2.52. The fourth-order valence-electron chi connectivity index (χ4n) is 2.14. The summed E-state index contributed by atoms with van der Waals surface area (Å²) in [5.74, 6) is -0.0317. The summed E-state index contributed by atoms with van der Waals surface area (Å²) >= 11 is 0. The van der Waals surface area contributed by atoms with Crippen LogP contribution in [0.4, 0.5) is 0 Å². The average Bonchev–Trinajstić information content (AvgIpc) is 2.68. The molecule has 20 heavy (non-hydrogen) atoms. The van der Waals surface area contributed by atoms with Gasteiger partial charge in [0.25, 0.3) is 5.91 Å². The van der Waals surface area contributed by atoms with E-state index in [-0.39, 0.29) is 12.8 Å². The molecule has 1 aromatic rings. The minimum Gasteiger partial charge on any atom is -0.423 e. The lowest BCUT2D eigenvalue weighted by molar-refractivity contribution is -0.0918. The van der Waals surface area contributed by atoms with Gasteiger partial charge < -0.3 is 15.1 Å². The molecule has 1 heterocycles. The molecule has 1 aliphatic heterocycles. The SMILES string of the molecule is CB(OC(C)(C)C(C)(C)O)c1ccc2c(c1)C(=O)NC2. The van der Waals surface area contributed by atoms with Gasteiger partial charge in [-0.1, -0.05) is 25.0 Å². The first-order chi connectivity index (χ1) is 9.12. The van der Waals surface area contributed by atoms with Crippen molar-refractivity contribution in [1.82, 2.24) is 5.32 Å². The van der Waals surface area contributed by atoms with Crippen molar-refractivity contribution < 1.29 is 14.6 Å². The Morgan fingerprint density at radius 2 is 1.95 bits per heavy atom. The van der Waals surface area contributed by atoms with Crippen LogP contribution in [0.3, 0.4) is 0 Å². The lowest BCUT2D eigenvalue weighted by atomic mass is 9.62. The summed E-state index contributed by atoms with van der Waals surface area (Å²) in [6.07, 6.45) is 0. The number of hydrogen-bond donors (Lipinski definition) is 2. The Morgan fingerprint density at radius 3 is 2.55 bits per heavy atom. The highest BCUT2D eigenvalue weighted by Gasteiger charge is 2.38. The highest BCUT2D eigenvalue weighted by atomic mass is 16.5. The van der Waals surface area contributed by atoms with E-state index in [1.54, 1.807) is 13.8 Å². The van der Waals surface area contributed by atoms with E-state index in [1.807, 2.05) is 38.9 Å². The quantitative estimate of drug-likeness (QED) is 0.815. The molecule has 0 atom stereocenters. The van der Waals surface area contributed by atoms with Gasteiger partial charge in [-0.2, -0.15) is 0 Å².